The van der Waals surface area contributed by atoms with Gasteiger partial charge in [0.15, 0.2) is 0 Å². The first kappa shape index (κ1) is 14.5. The van der Waals surface area contributed by atoms with Gasteiger partial charge in [0.1, 0.15) is 0 Å². The van der Waals surface area contributed by atoms with E-state index in [9.17, 15) is 14.9 Å². The summed E-state index contributed by atoms with van der Waals surface area (Å²) in [5.41, 5.74) is 0.477. The number of rotatable bonds is 6. The number of nitro groups is 1. The van der Waals surface area contributed by atoms with Crippen LogP contribution in [0.15, 0.2) is 24.3 Å². The molecule has 1 N–H and O–H groups in total. The van der Waals surface area contributed by atoms with Gasteiger partial charge in [-0.2, -0.15) is 0 Å². The van der Waals surface area contributed by atoms with Gasteiger partial charge in [-0.3, -0.25) is 14.9 Å². The third kappa shape index (κ3) is 2.81. The molecule has 1 aliphatic carbocycles. The number of hydrogen-bond acceptors (Lipinski definition) is 3. The minimum absolute atomic E-state index is 0.0484. The summed E-state index contributed by atoms with van der Waals surface area (Å²) in [6.45, 7) is 4.10. The van der Waals surface area contributed by atoms with Gasteiger partial charge >= 0.3 is 0 Å². The van der Waals surface area contributed by atoms with Crippen LogP contribution in [0.3, 0.4) is 0 Å². The van der Waals surface area contributed by atoms with Gasteiger partial charge in [-0.15, -0.1) is 0 Å². The summed E-state index contributed by atoms with van der Waals surface area (Å²) < 4.78 is 0. The van der Waals surface area contributed by atoms with E-state index in [1.54, 1.807) is 12.1 Å². The van der Waals surface area contributed by atoms with E-state index in [0.29, 0.717) is 0 Å². The quantitative estimate of drug-likeness (QED) is 0.641. The van der Waals surface area contributed by atoms with E-state index >= 15 is 0 Å². The van der Waals surface area contributed by atoms with Gasteiger partial charge in [-0.05, 0) is 31.7 Å². The molecule has 108 valence electrons. The Hall–Kier alpha value is -1.91. The highest BCUT2D eigenvalue weighted by Crippen LogP contribution is 2.48. The summed E-state index contributed by atoms with van der Waals surface area (Å²) >= 11 is 0. The third-order valence-electron chi connectivity index (χ3n) is 3.91. The predicted octanol–water partition coefficient (Wildman–Crippen LogP) is 2.93. The maximum absolute atomic E-state index is 12.4. The van der Waals surface area contributed by atoms with E-state index in [-0.39, 0.29) is 17.6 Å². The lowest BCUT2D eigenvalue weighted by atomic mass is 9.94. The molecule has 0 aromatic heterocycles. The molecule has 1 aromatic rings. The van der Waals surface area contributed by atoms with Gasteiger partial charge in [0.05, 0.1) is 10.3 Å². The molecule has 5 heteroatoms. The number of carbonyl (C=O) groups excluding carboxylic acids is 1. The zero-order valence-electron chi connectivity index (χ0n) is 11.9. The van der Waals surface area contributed by atoms with Crippen molar-refractivity contribution in [2.75, 3.05) is 0 Å². The largest absolute Gasteiger partial charge is 0.353 e. The van der Waals surface area contributed by atoms with Crippen LogP contribution in [-0.4, -0.2) is 16.9 Å². The Morgan fingerprint density at radius 1 is 1.40 bits per heavy atom. The molecule has 0 radical (unpaired) electrons. The van der Waals surface area contributed by atoms with Gasteiger partial charge in [0, 0.05) is 18.2 Å². The van der Waals surface area contributed by atoms with Crippen LogP contribution in [-0.2, 0) is 10.2 Å². The summed E-state index contributed by atoms with van der Waals surface area (Å²) in [6.07, 6.45) is 3.62. The second kappa shape index (κ2) is 5.61. The summed E-state index contributed by atoms with van der Waals surface area (Å²) in [4.78, 5) is 22.6. The zero-order valence-corrected chi connectivity index (χ0v) is 11.9. The van der Waals surface area contributed by atoms with E-state index in [0.717, 1.165) is 31.2 Å². The minimum Gasteiger partial charge on any atom is -0.353 e. The monoisotopic (exact) mass is 276 g/mol. The number of nitrogens with one attached hydrogen (secondary N) is 1. The SMILES string of the molecule is CCCC(C)NC(=O)C1(c2ccc([N+](=O)[O-])cc2)CC1. The van der Waals surface area contributed by atoms with E-state index in [1.165, 1.54) is 12.1 Å². The summed E-state index contributed by atoms with van der Waals surface area (Å²) in [6, 6.07) is 6.52. The van der Waals surface area contributed by atoms with Crippen LogP contribution in [0.25, 0.3) is 0 Å². The van der Waals surface area contributed by atoms with E-state index < -0.39 is 10.3 Å². The lowest BCUT2D eigenvalue weighted by molar-refractivity contribution is -0.384. The molecule has 1 fully saturated rings. The maximum Gasteiger partial charge on any atom is 0.269 e. The van der Waals surface area contributed by atoms with Crippen molar-refractivity contribution in [1.82, 2.24) is 5.32 Å². The molecule has 5 nitrogen and oxygen atoms in total. The van der Waals surface area contributed by atoms with Crippen molar-refractivity contribution >= 4 is 11.6 Å². The Labute approximate surface area is 118 Å². The lowest BCUT2D eigenvalue weighted by Crippen LogP contribution is -2.40. The standard InChI is InChI=1S/C15H20N2O3/c1-3-4-11(2)16-14(18)15(9-10-15)12-5-7-13(8-6-12)17(19)20/h5-8,11H,3-4,9-10H2,1-2H3,(H,16,18). The Morgan fingerprint density at radius 3 is 2.45 bits per heavy atom. The average Bonchev–Trinajstić information content (AvgIpc) is 3.20. The highest BCUT2D eigenvalue weighted by atomic mass is 16.6. The van der Waals surface area contributed by atoms with Crippen LogP contribution in [0.4, 0.5) is 5.69 Å². The van der Waals surface area contributed by atoms with Gasteiger partial charge in [0.2, 0.25) is 5.91 Å². The van der Waals surface area contributed by atoms with E-state index in [1.807, 2.05) is 6.92 Å². The number of non-ortho nitro benzene ring substituents is 1. The molecule has 20 heavy (non-hydrogen) atoms. The Bertz CT molecular complexity index is 506. The molecular formula is C15H20N2O3. The fourth-order valence-corrected chi connectivity index (χ4v) is 2.54. The summed E-state index contributed by atoms with van der Waals surface area (Å²) in [7, 11) is 0. The van der Waals surface area contributed by atoms with Crippen molar-refractivity contribution in [3.8, 4) is 0 Å². The molecular weight excluding hydrogens is 256 g/mol. The number of hydrogen-bond donors (Lipinski definition) is 1. The van der Waals surface area contributed by atoms with E-state index in [2.05, 4.69) is 12.2 Å². The first-order valence-corrected chi connectivity index (χ1v) is 7.05. The lowest BCUT2D eigenvalue weighted by Gasteiger charge is -2.19. The van der Waals surface area contributed by atoms with Gasteiger partial charge in [-0.1, -0.05) is 25.5 Å². The molecule has 1 amide bonds. The van der Waals surface area contributed by atoms with Crippen molar-refractivity contribution in [1.29, 1.82) is 0 Å². The van der Waals surface area contributed by atoms with Crippen LogP contribution in [0.1, 0.15) is 45.1 Å². The Morgan fingerprint density at radius 2 is 2.00 bits per heavy atom. The van der Waals surface area contributed by atoms with Crippen LogP contribution in [0.2, 0.25) is 0 Å². The Balaban J connectivity index is 2.10. The van der Waals surface area contributed by atoms with Crippen molar-refractivity contribution in [3.63, 3.8) is 0 Å². The number of nitrogens with zero attached hydrogens (tertiary/aromatic N) is 1. The number of carbonyl (C=O) groups is 1. The second-order valence-corrected chi connectivity index (χ2v) is 5.55. The van der Waals surface area contributed by atoms with Crippen molar-refractivity contribution in [3.05, 3.63) is 39.9 Å². The second-order valence-electron chi connectivity index (χ2n) is 5.55. The fraction of sp³-hybridized carbons (Fsp3) is 0.533. The molecule has 2 rings (SSSR count). The molecule has 0 bridgehead atoms. The molecule has 1 aromatic carbocycles. The summed E-state index contributed by atoms with van der Waals surface area (Å²) in [5.74, 6) is 0.0484. The highest BCUT2D eigenvalue weighted by molar-refractivity contribution is 5.91. The average molecular weight is 276 g/mol. The number of benzene rings is 1. The molecule has 0 saturated heterocycles. The van der Waals surface area contributed by atoms with Crippen LogP contribution in [0, 0.1) is 10.1 Å². The fourth-order valence-electron chi connectivity index (χ4n) is 2.54. The molecule has 1 aliphatic rings. The molecule has 1 saturated carbocycles. The van der Waals surface area contributed by atoms with Crippen LogP contribution in [0.5, 0.6) is 0 Å². The first-order chi connectivity index (χ1) is 9.49. The molecule has 0 spiro atoms. The zero-order chi connectivity index (χ0) is 14.8. The first-order valence-electron chi connectivity index (χ1n) is 7.05. The minimum atomic E-state index is -0.461. The van der Waals surface area contributed by atoms with Gasteiger partial charge in [0.25, 0.3) is 5.69 Å². The Kier molecular flexibility index (Phi) is 4.06. The van der Waals surface area contributed by atoms with Gasteiger partial charge < -0.3 is 5.32 Å². The smallest absolute Gasteiger partial charge is 0.269 e. The molecule has 0 heterocycles. The highest BCUT2D eigenvalue weighted by Gasteiger charge is 2.51. The number of amides is 1. The van der Waals surface area contributed by atoms with Crippen molar-refractivity contribution in [2.24, 2.45) is 0 Å². The van der Waals surface area contributed by atoms with Crippen LogP contribution < -0.4 is 5.32 Å². The van der Waals surface area contributed by atoms with Crippen LogP contribution >= 0.6 is 0 Å². The summed E-state index contributed by atoms with van der Waals surface area (Å²) in [5, 5.41) is 13.7. The van der Waals surface area contributed by atoms with E-state index in [4.69, 9.17) is 0 Å². The molecule has 1 atom stereocenters. The molecule has 0 aliphatic heterocycles. The third-order valence-corrected chi connectivity index (χ3v) is 3.91. The predicted molar refractivity (Wildman–Crippen MR) is 76.5 cm³/mol. The maximum atomic E-state index is 12.4. The number of nitro benzene ring substituents is 1. The van der Waals surface area contributed by atoms with Gasteiger partial charge in [-0.25, -0.2) is 0 Å². The molecule has 1 unspecified atom stereocenters. The topological polar surface area (TPSA) is 72.2 Å². The van der Waals surface area contributed by atoms with Crippen molar-refractivity contribution in [2.45, 2.75) is 51.0 Å². The van der Waals surface area contributed by atoms with Crippen molar-refractivity contribution < 1.29 is 9.72 Å². The normalized spacial score (nSPS) is 17.3.